The number of nitrogens with one attached hydrogen (secondary N) is 1. The molecule has 0 bridgehead atoms. The summed E-state index contributed by atoms with van der Waals surface area (Å²) >= 11 is 0. The molecule has 0 radical (unpaired) electrons. The van der Waals surface area contributed by atoms with Crippen molar-refractivity contribution in [2.75, 3.05) is 0 Å². The van der Waals surface area contributed by atoms with Crippen LogP contribution in [0.5, 0.6) is 5.75 Å². The Labute approximate surface area is 95.7 Å². The topological polar surface area (TPSA) is 62.2 Å². The third-order valence-electron chi connectivity index (χ3n) is 2.63. The molecule has 88 valence electrons. The molecule has 1 atom stereocenters. The van der Waals surface area contributed by atoms with Crippen molar-refractivity contribution in [3.63, 3.8) is 0 Å². The van der Waals surface area contributed by atoms with Gasteiger partial charge in [-0.3, -0.25) is 9.78 Å². The third-order valence-corrected chi connectivity index (χ3v) is 2.63. The summed E-state index contributed by atoms with van der Waals surface area (Å²) in [7, 11) is 0. The Kier molecular flexibility index (Phi) is 3.52. The average Bonchev–Trinajstić information content (AvgIpc) is 2.16. The number of hydrogen-bond acceptors (Lipinski definition) is 3. The highest BCUT2D eigenvalue weighted by Crippen LogP contribution is 2.19. The second-order valence-corrected chi connectivity index (χ2v) is 4.99. The van der Waals surface area contributed by atoms with Crippen LogP contribution in [0.3, 0.4) is 0 Å². The van der Waals surface area contributed by atoms with Gasteiger partial charge in [0.15, 0.2) is 0 Å². The number of rotatable bonds is 2. The lowest BCUT2D eigenvalue weighted by molar-refractivity contribution is 0.0909. The summed E-state index contributed by atoms with van der Waals surface area (Å²) in [6, 6.07) is 1.44. The fraction of sp³-hybridized carbons (Fsp3) is 0.500. The maximum absolute atomic E-state index is 11.8. The van der Waals surface area contributed by atoms with Crippen molar-refractivity contribution in [2.45, 2.75) is 33.7 Å². The zero-order chi connectivity index (χ0) is 12.3. The monoisotopic (exact) mass is 222 g/mol. The van der Waals surface area contributed by atoms with Crippen LogP contribution in [0.2, 0.25) is 0 Å². The van der Waals surface area contributed by atoms with E-state index in [-0.39, 0.29) is 23.1 Å². The molecule has 1 amide bonds. The Morgan fingerprint density at radius 3 is 2.56 bits per heavy atom. The molecule has 0 fully saturated rings. The minimum absolute atomic E-state index is 0.0000857. The van der Waals surface area contributed by atoms with Gasteiger partial charge in [-0.1, -0.05) is 20.8 Å². The second kappa shape index (κ2) is 4.51. The van der Waals surface area contributed by atoms with E-state index in [0.29, 0.717) is 5.56 Å². The number of aromatic hydroxyl groups is 1. The Morgan fingerprint density at radius 2 is 2.06 bits per heavy atom. The van der Waals surface area contributed by atoms with Gasteiger partial charge in [-0.15, -0.1) is 0 Å². The first kappa shape index (κ1) is 12.5. The Morgan fingerprint density at radius 1 is 1.44 bits per heavy atom. The number of nitrogens with zero attached hydrogens (tertiary/aromatic N) is 1. The Hall–Kier alpha value is -1.58. The Bertz CT molecular complexity index is 383. The minimum atomic E-state index is -0.217. The van der Waals surface area contributed by atoms with Gasteiger partial charge in [0.2, 0.25) is 0 Å². The van der Waals surface area contributed by atoms with Gasteiger partial charge in [0.1, 0.15) is 5.75 Å². The maximum atomic E-state index is 11.8. The van der Waals surface area contributed by atoms with E-state index >= 15 is 0 Å². The van der Waals surface area contributed by atoms with E-state index in [1.54, 1.807) is 0 Å². The minimum Gasteiger partial charge on any atom is -0.506 e. The summed E-state index contributed by atoms with van der Waals surface area (Å²) in [5.74, 6) is -0.220. The molecule has 0 saturated carbocycles. The van der Waals surface area contributed by atoms with Crippen LogP contribution in [0.4, 0.5) is 0 Å². The first-order chi connectivity index (χ1) is 7.30. The normalized spacial score (nSPS) is 13.2. The average molecular weight is 222 g/mol. The standard InChI is InChI=1S/C12H18N2O2/c1-8(12(2,3)4)14-11(16)9-5-10(15)7-13-6-9/h5-8,15H,1-4H3,(H,14,16). The van der Waals surface area contributed by atoms with E-state index in [9.17, 15) is 9.90 Å². The molecule has 1 rings (SSSR count). The van der Waals surface area contributed by atoms with Crippen molar-refractivity contribution in [2.24, 2.45) is 5.41 Å². The Balaban J connectivity index is 2.74. The quantitative estimate of drug-likeness (QED) is 0.804. The van der Waals surface area contributed by atoms with Crippen LogP contribution < -0.4 is 5.32 Å². The van der Waals surface area contributed by atoms with E-state index in [1.165, 1.54) is 18.5 Å². The van der Waals surface area contributed by atoms with Crippen LogP contribution in [-0.2, 0) is 0 Å². The number of aromatic nitrogens is 1. The number of carbonyl (C=O) groups is 1. The SMILES string of the molecule is CC(NC(=O)c1cncc(O)c1)C(C)(C)C. The predicted octanol–water partition coefficient (Wildman–Crippen LogP) is 1.95. The summed E-state index contributed by atoms with van der Waals surface area (Å²) in [5.41, 5.74) is 0.371. The van der Waals surface area contributed by atoms with E-state index in [0.717, 1.165) is 0 Å². The second-order valence-electron chi connectivity index (χ2n) is 4.99. The lowest BCUT2D eigenvalue weighted by Gasteiger charge is -2.28. The van der Waals surface area contributed by atoms with E-state index in [1.807, 2.05) is 6.92 Å². The molecule has 0 saturated heterocycles. The maximum Gasteiger partial charge on any atom is 0.253 e. The number of pyridine rings is 1. The van der Waals surface area contributed by atoms with Crippen molar-refractivity contribution in [3.8, 4) is 5.75 Å². The summed E-state index contributed by atoms with van der Waals surface area (Å²) < 4.78 is 0. The van der Waals surface area contributed by atoms with E-state index in [4.69, 9.17) is 0 Å². The molecule has 0 aliphatic heterocycles. The van der Waals surface area contributed by atoms with Crippen molar-refractivity contribution < 1.29 is 9.90 Å². The fourth-order valence-electron chi connectivity index (χ4n) is 1.05. The molecule has 1 aromatic rings. The molecule has 1 heterocycles. The summed E-state index contributed by atoms with van der Waals surface area (Å²) in [6.45, 7) is 8.12. The lowest BCUT2D eigenvalue weighted by atomic mass is 9.88. The van der Waals surface area contributed by atoms with Crippen molar-refractivity contribution in [3.05, 3.63) is 24.0 Å². The van der Waals surface area contributed by atoms with Crippen LogP contribution in [0.15, 0.2) is 18.5 Å². The van der Waals surface area contributed by atoms with Crippen molar-refractivity contribution >= 4 is 5.91 Å². The lowest BCUT2D eigenvalue weighted by Crippen LogP contribution is -2.41. The first-order valence-electron chi connectivity index (χ1n) is 5.25. The van der Waals surface area contributed by atoms with Gasteiger partial charge in [-0.25, -0.2) is 0 Å². The smallest absolute Gasteiger partial charge is 0.253 e. The molecule has 1 aromatic heterocycles. The summed E-state index contributed by atoms with van der Waals surface area (Å²) in [6.07, 6.45) is 2.73. The highest BCUT2D eigenvalue weighted by atomic mass is 16.3. The van der Waals surface area contributed by atoms with Gasteiger partial charge in [0.25, 0.3) is 5.91 Å². The number of carbonyl (C=O) groups excluding carboxylic acids is 1. The molecule has 0 aliphatic carbocycles. The van der Waals surface area contributed by atoms with Crippen LogP contribution in [-0.4, -0.2) is 22.0 Å². The largest absolute Gasteiger partial charge is 0.506 e. The summed E-state index contributed by atoms with van der Waals surface area (Å²) in [4.78, 5) is 15.6. The van der Waals surface area contributed by atoms with Crippen LogP contribution in [0.25, 0.3) is 0 Å². The molecule has 2 N–H and O–H groups in total. The molecule has 0 aliphatic rings. The number of hydrogen-bond donors (Lipinski definition) is 2. The summed E-state index contributed by atoms with van der Waals surface area (Å²) in [5, 5.41) is 12.1. The first-order valence-corrected chi connectivity index (χ1v) is 5.25. The van der Waals surface area contributed by atoms with Crippen molar-refractivity contribution in [1.29, 1.82) is 0 Å². The third kappa shape index (κ3) is 3.22. The molecule has 4 heteroatoms. The van der Waals surface area contributed by atoms with Crippen LogP contribution in [0.1, 0.15) is 38.1 Å². The van der Waals surface area contributed by atoms with Gasteiger partial charge in [-0.05, 0) is 18.4 Å². The zero-order valence-electron chi connectivity index (χ0n) is 10.1. The molecule has 0 spiro atoms. The predicted molar refractivity (Wildman–Crippen MR) is 62.3 cm³/mol. The van der Waals surface area contributed by atoms with Gasteiger partial charge in [0.05, 0.1) is 11.8 Å². The molecule has 4 nitrogen and oxygen atoms in total. The van der Waals surface area contributed by atoms with Crippen LogP contribution in [0, 0.1) is 5.41 Å². The molecular weight excluding hydrogens is 204 g/mol. The van der Waals surface area contributed by atoms with Gasteiger partial charge < -0.3 is 10.4 Å². The van der Waals surface area contributed by atoms with Crippen molar-refractivity contribution in [1.82, 2.24) is 10.3 Å². The van der Waals surface area contributed by atoms with Gasteiger partial charge in [-0.2, -0.15) is 0 Å². The molecular formula is C12H18N2O2. The molecule has 0 aromatic carbocycles. The van der Waals surface area contributed by atoms with Gasteiger partial charge >= 0.3 is 0 Å². The number of amides is 1. The zero-order valence-corrected chi connectivity index (χ0v) is 10.1. The highest BCUT2D eigenvalue weighted by molar-refractivity contribution is 5.94. The fourth-order valence-corrected chi connectivity index (χ4v) is 1.05. The highest BCUT2D eigenvalue weighted by Gasteiger charge is 2.22. The van der Waals surface area contributed by atoms with Crippen LogP contribution >= 0.6 is 0 Å². The van der Waals surface area contributed by atoms with Gasteiger partial charge in [0, 0.05) is 12.2 Å². The van der Waals surface area contributed by atoms with E-state index < -0.39 is 0 Å². The molecule has 16 heavy (non-hydrogen) atoms. The molecule has 1 unspecified atom stereocenters. The van der Waals surface area contributed by atoms with E-state index in [2.05, 4.69) is 31.1 Å².